The summed E-state index contributed by atoms with van der Waals surface area (Å²) in [6.45, 7) is 0. The molecule has 0 amide bonds. The number of aryl methyl sites for hydroxylation is 1. The molecule has 0 spiro atoms. The van der Waals surface area contributed by atoms with Crippen LogP contribution in [0.2, 0.25) is 0 Å². The maximum Gasteiger partial charge on any atom is 0.220 e. The van der Waals surface area contributed by atoms with E-state index in [9.17, 15) is 8.42 Å². The second-order valence-electron chi connectivity index (χ2n) is 3.04. The number of fused-ring (bicyclic) bond motifs is 1. The van der Waals surface area contributed by atoms with E-state index < -0.39 is 9.84 Å². The molecule has 1 aliphatic rings. The van der Waals surface area contributed by atoms with Crippen molar-refractivity contribution in [1.29, 1.82) is 0 Å². The van der Waals surface area contributed by atoms with Crippen LogP contribution in [0.15, 0.2) is 6.20 Å². The van der Waals surface area contributed by atoms with Gasteiger partial charge in [0.25, 0.3) is 0 Å². The molecule has 13 heavy (non-hydrogen) atoms. The van der Waals surface area contributed by atoms with Gasteiger partial charge >= 0.3 is 0 Å². The van der Waals surface area contributed by atoms with Gasteiger partial charge in [-0.2, -0.15) is 0 Å². The third kappa shape index (κ3) is 1.62. The van der Waals surface area contributed by atoms with Crippen LogP contribution < -0.4 is 5.73 Å². The van der Waals surface area contributed by atoms with Gasteiger partial charge in [0.05, 0.1) is 17.2 Å². The summed E-state index contributed by atoms with van der Waals surface area (Å²) in [6.07, 6.45) is 1.94. The first-order chi connectivity index (χ1) is 6.07. The molecule has 1 aliphatic heterocycles. The second kappa shape index (κ2) is 2.66. The van der Waals surface area contributed by atoms with E-state index in [2.05, 4.69) is 9.97 Å². The fourth-order valence-electron chi connectivity index (χ4n) is 1.36. The predicted molar refractivity (Wildman–Crippen MR) is 47.6 cm³/mol. The van der Waals surface area contributed by atoms with E-state index in [-0.39, 0.29) is 17.5 Å². The van der Waals surface area contributed by atoms with Crippen LogP contribution in [0.3, 0.4) is 0 Å². The lowest BCUT2D eigenvalue weighted by Gasteiger charge is -2.14. The fraction of sp³-hybridized carbons (Fsp3) is 0.429. The highest BCUT2D eigenvalue weighted by Crippen LogP contribution is 2.18. The van der Waals surface area contributed by atoms with Gasteiger partial charge in [-0.3, -0.25) is 0 Å². The van der Waals surface area contributed by atoms with E-state index in [0.29, 0.717) is 12.0 Å². The molecule has 5 nitrogen and oxygen atoms in total. The Bertz CT molecular complexity index is 441. The molecule has 0 fully saturated rings. The Balaban J connectivity index is 2.48. The molecule has 1 aromatic rings. The number of hydrogen-bond donors (Lipinski definition) is 1. The van der Waals surface area contributed by atoms with Crippen LogP contribution >= 0.6 is 0 Å². The Morgan fingerprint density at radius 2 is 2.23 bits per heavy atom. The van der Waals surface area contributed by atoms with Crippen molar-refractivity contribution in [3.8, 4) is 0 Å². The zero-order valence-corrected chi connectivity index (χ0v) is 7.71. The summed E-state index contributed by atoms with van der Waals surface area (Å²) in [5.41, 5.74) is 6.82. The molecule has 2 rings (SSSR count). The lowest BCUT2D eigenvalue weighted by molar-refractivity contribution is 0.590. The first-order valence-electron chi connectivity index (χ1n) is 3.87. The first-order valence-corrected chi connectivity index (χ1v) is 5.70. The molecule has 0 saturated heterocycles. The van der Waals surface area contributed by atoms with Crippen molar-refractivity contribution in [2.45, 2.75) is 12.2 Å². The Labute approximate surface area is 75.9 Å². The maximum atomic E-state index is 11.2. The highest BCUT2D eigenvalue weighted by Gasteiger charge is 2.22. The van der Waals surface area contributed by atoms with Crippen molar-refractivity contribution < 1.29 is 8.42 Å². The highest BCUT2D eigenvalue weighted by molar-refractivity contribution is 7.90. The quantitative estimate of drug-likeness (QED) is 0.610. The van der Waals surface area contributed by atoms with Crippen LogP contribution in [0.5, 0.6) is 0 Å². The molecular formula is C7H9N3O2S. The zero-order chi connectivity index (χ0) is 9.47. The molecule has 1 aromatic heterocycles. The van der Waals surface area contributed by atoms with Gasteiger partial charge < -0.3 is 5.73 Å². The number of nitrogens with two attached hydrogens (primary N) is 1. The van der Waals surface area contributed by atoms with E-state index in [1.54, 1.807) is 0 Å². The van der Waals surface area contributed by atoms with Crippen LogP contribution in [0, 0.1) is 0 Å². The van der Waals surface area contributed by atoms with Crippen molar-refractivity contribution in [3.63, 3.8) is 0 Å². The van der Waals surface area contributed by atoms with Crippen LogP contribution in [0.1, 0.15) is 11.3 Å². The second-order valence-corrected chi connectivity index (χ2v) is 5.23. The van der Waals surface area contributed by atoms with E-state index in [0.717, 1.165) is 5.69 Å². The Kier molecular flexibility index (Phi) is 1.73. The van der Waals surface area contributed by atoms with Crippen LogP contribution in [0.4, 0.5) is 5.95 Å². The minimum atomic E-state index is -2.93. The molecule has 2 N–H and O–H groups in total. The fourth-order valence-corrected chi connectivity index (χ4v) is 2.72. The van der Waals surface area contributed by atoms with E-state index in [1.807, 2.05) is 0 Å². The smallest absolute Gasteiger partial charge is 0.220 e. The molecular weight excluding hydrogens is 190 g/mol. The summed E-state index contributed by atoms with van der Waals surface area (Å²) < 4.78 is 22.4. The van der Waals surface area contributed by atoms with Crippen molar-refractivity contribution in [2.24, 2.45) is 0 Å². The standard InChI is InChI=1S/C7H9N3O2S/c8-7-9-3-5-4-13(11,12)2-1-6(5)10-7/h3H,1-2,4H2,(H2,8,9,10). The molecule has 0 aromatic carbocycles. The number of hydrogen-bond acceptors (Lipinski definition) is 5. The van der Waals surface area contributed by atoms with E-state index in [4.69, 9.17) is 5.73 Å². The highest BCUT2D eigenvalue weighted by atomic mass is 32.2. The summed E-state index contributed by atoms with van der Waals surface area (Å²) in [7, 11) is -2.93. The van der Waals surface area contributed by atoms with Crippen LogP contribution in [-0.4, -0.2) is 24.1 Å². The van der Waals surface area contributed by atoms with E-state index >= 15 is 0 Å². The lowest BCUT2D eigenvalue weighted by Crippen LogP contribution is -2.20. The van der Waals surface area contributed by atoms with Crippen molar-refractivity contribution in [3.05, 3.63) is 17.5 Å². The molecule has 0 bridgehead atoms. The van der Waals surface area contributed by atoms with Gasteiger partial charge in [0.2, 0.25) is 5.95 Å². The number of anilines is 1. The largest absolute Gasteiger partial charge is 0.368 e. The van der Waals surface area contributed by atoms with Crippen molar-refractivity contribution >= 4 is 15.8 Å². The summed E-state index contributed by atoms with van der Waals surface area (Å²) in [5, 5.41) is 0. The average Bonchev–Trinajstić information content (AvgIpc) is 2.05. The molecule has 0 atom stereocenters. The average molecular weight is 199 g/mol. The van der Waals surface area contributed by atoms with Crippen LogP contribution in [-0.2, 0) is 22.0 Å². The summed E-state index contributed by atoms with van der Waals surface area (Å²) in [5.74, 6) is 0.414. The van der Waals surface area contributed by atoms with Gasteiger partial charge in [0.15, 0.2) is 9.84 Å². The normalized spacial score (nSPS) is 19.4. The number of nitrogens with zero attached hydrogens (tertiary/aromatic N) is 2. The Hall–Kier alpha value is -1.17. The Morgan fingerprint density at radius 3 is 3.00 bits per heavy atom. The maximum absolute atomic E-state index is 11.2. The topological polar surface area (TPSA) is 85.9 Å². The van der Waals surface area contributed by atoms with Gasteiger partial charge in [-0.25, -0.2) is 18.4 Å². The van der Waals surface area contributed by atoms with Gasteiger partial charge in [0, 0.05) is 18.2 Å². The number of rotatable bonds is 0. The van der Waals surface area contributed by atoms with Crippen molar-refractivity contribution in [2.75, 3.05) is 11.5 Å². The monoisotopic (exact) mass is 199 g/mol. The minimum absolute atomic E-state index is 0.0443. The number of sulfone groups is 1. The zero-order valence-electron chi connectivity index (χ0n) is 6.90. The van der Waals surface area contributed by atoms with Gasteiger partial charge in [0.1, 0.15) is 0 Å². The first kappa shape index (κ1) is 8.43. The molecule has 0 radical (unpaired) electrons. The molecule has 2 heterocycles. The SMILES string of the molecule is Nc1ncc2c(n1)CCS(=O)(=O)C2. The number of nitrogen functional groups attached to an aromatic ring is 1. The van der Waals surface area contributed by atoms with Gasteiger partial charge in [-0.15, -0.1) is 0 Å². The molecule has 0 saturated carbocycles. The molecule has 70 valence electrons. The number of aromatic nitrogens is 2. The molecule has 0 unspecified atom stereocenters. The van der Waals surface area contributed by atoms with Crippen LogP contribution in [0.25, 0.3) is 0 Å². The summed E-state index contributed by atoms with van der Waals surface area (Å²) in [4.78, 5) is 7.74. The Morgan fingerprint density at radius 1 is 1.46 bits per heavy atom. The molecule has 6 heteroatoms. The lowest BCUT2D eigenvalue weighted by atomic mass is 10.2. The van der Waals surface area contributed by atoms with Gasteiger partial charge in [-0.05, 0) is 0 Å². The predicted octanol–water partition coefficient (Wildman–Crippen LogP) is -0.470. The summed E-state index contributed by atoms with van der Waals surface area (Å²) in [6, 6.07) is 0. The third-order valence-electron chi connectivity index (χ3n) is 2.00. The minimum Gasteiger partial charge on any atom is -0.368 e. The van der Waals surface area contributed by atoms with Crippen molar-refractivity contribution in [1.82, 2.24) is 9.97 Å². The molecule has 0 aliphatic carbocycles. The van der Waals surface area contributed by atoms with Gasteiger partial charge in [-0.1, -0.05) is 0 Å². The summed E-state index contributed by atoms with van der Waals surface area (Å²) >= 11 is 0. The van der Waals surface area contributed by atoms with E-state index in [1.165, 1.54) is 6.20 Å². The third-order valence-corrected chi connectivity index (χ3v) is 3.58.